The summed E-state index contributed by atoms with van der Waals surface area (Å²) in [6.45, 7) is 0. The lowest BCUT2D eigenvalue weighted by atomic mass is 10.0. The molecule has 27 heavy (non-hydrogen) atoms. The van der Waals surface area contributed by atoms with Crippen molar-refractivity contribution in [2.24, 2.45) is 0 Å². The van der Waals surface area contributed by atoms with Gasteiger partial charge in [0, 0.05) is 16.2 Å². The Balaban J connectivity index is 2.05. The second kappa shape index (κ2) is 7.83. The minimum absolute atomic E-state index is 0.0895. The molecule has 138 valence electrons. The maximum Gasteiger partial charge on any atom is 0.345 e. The van der Waals surface area contributed by atoms with E-state index in [2.05, 4.69) is 0 Å². The van der Waals surface area contributed by atoms with E-state index < -0.39 is 23.0 Å². The van der Waals surface area contributed by atoms with Gasteiger partial charge in [0.2, 0.25) is 0 Å². The van der Waals surface area contributed by atoms with E-state index in [1.165, 1.54) is 12.1 Å². The van der Waals surface area contributed by atoms with Crippen molar-refractivity contribution in [3.8, 4) is 21.6 Å². The molecule has 1 heterocycles. The summed E-state index contributed by atoms with van der Waals surface area (Å²) in [6.07, 6.45) is 0. The molecule has 1 aromatic heterocycles. The molecule has 0 aliphatic heterocycles. The Morgan fingerprint density at radius 1 is 0.926 bits per heavy atom. The molecule has 0 saturated carbocycles. The molecule has 3 rings (SSSR count). The van der Waals surface area contributed by atoms with Crippen LogP contribution in [0, 0.1) is 0 Å². The maximum atomic E-state index is 11.4. The first-order valence-electron chi connectivity index (χ1n) is 7.71. The molecule has 0 saturated heterocycles. The highest BCUT2D eigenvalue weighted by Crippen LogP contribution is 2.39. The number of hydrogen-bond acceptors (Lipinski definition) is 5. The maximum absolute atomic E-state index is 11.4. The molecule has 2 N–H and O–H groups in total. The summed E-state index contributed by atoms with van der Waals surface area (Å²) in [4.78, 5) is 23.3. The first-order valence-corrected chi connectivity index (χ1v) is 9.77. The van der Waals surface area contributed by atoms with Crippen LogP contribution in [-0.4, -0.2) is 30.9 Å². The van der Waals surface area contributed by atoms with Gasteiger partial charge in [-0.1, -0.05) is 47.5 Å². The zero-order valence-electron chi connectivity index (χ0n) is 13.7. The smallest absolute Gasteiger partial charge is 0.345 e. The third-order valence-corrected chi connectivity index (χ3v) is 5.63. The minimum atomic E-state index is -2.18. The molecule has 0 bridgehead atoms. The average molecular weight is 401 g/mol. The summed E-state index contributed by atoms with van der Waals surface area (Å²) in [5.74, 6) is -2.17. The van der Waals surface area contributed by atoms with Crippen molar-refractivity contribution in [1.82, 2.24) is 0 Å². The van der Waals surface area contributed by atoms with Gasteiger partial charge >= 0.3 is 11.9 Å². The number of carboxylic acid groups (broad SMARTS) is 2. The Hall–Kier alpha value is -2.81. The Labute approximate surface area is 161 Å². The van der Waals surface area contributed by atoms with Crippen LogP contribution in [0.2, 0.25) is 0 Å². The molecule has 0 fully saturated rings. The Morgan fingerprint density at radius 2 is 1.52 bits per heavy atom. The topological polar surface area (TPSA) is 115 Å². The molecular weight excluding hydrogens is 388 g/mol. The van der Waals surface area contributed by atoms with E-state index in [0.29, 0.717) is 21.6 Å². The van der Waals surface area contributed by atoms with E-state index in [1.807, 2.05) is 0 Å². The normalized spacial score (nSPS) is 11.9. The highest BCUT2D eigenvalue weighted by molar-refractivity contribution is 7.78. The van der Waals surface area contributed by atoms with Crippen LogP contribution < -0.4 is 0 Å². The van der Waals surface area contributed by atoms with Crippen LogP contribution in [0.3, 0.4) is 0 Å². The molecule has 0 radical (unpaired) electrons. The van der Waals surface area contributed by atoms with Crippen molar-refractivity contribution in [2.45, 2.75) is 5.75 Å². The fourth-order valence-electron chi connectivity index (χ4n) is 2.61. The molecule has 6 nitrogen and oxygen atoms in total. The van der Waals surface area contributed by atoms with Crippen LogP contribution in [-0.2, 0) is 16.8 Å². The first kappa shape index (κ1) is 19.0. The van der Waals surface area contributed by atoms with Gasteiger partial charge in [0.05, 0.1) is 5.56 Å². The fourth-order valence-corrected chi connectivity index (χ4v) is 4.10. The van der Waals surface area contributed by atoms with Gasteiger partial charge in [-0.25, -0.2) is 9.59 Å². The molecule has 0 aliphatic rings. The first-order chi connectivity index (χ1) is 12.8. The number of thiophene rings is 1. The van der Waals surface area contributed by atoms with E-state index >= 15 is 0 Å². The van der Waals surface area contributed by atoms with Gasteiger partial charge in [-0.15, -0.1) is 11.3 Å². The second-order valence-corrected chi connectivity index (χ2v) is 7.63. The van der Waals surface area contributed by atoms with Crippen LogP contribution in [0.4, 0.5) is 0 Å². The van der Waals surface area contributed by atoms with E-state index in [-0.39, 0.29) is 16.2 Å². The molecule has 2 aromatic carbocycles. The minimum Gasteiger partial charge on any atom is -0.772 e. The van der Waals surface area contributed by atoms with Crippen LogP contribution >= 0.6 is 11.3 Å². The molecule has 3 aromatic rings. The van der Waals surface area contributed by atoms with Gasteiger partial charge in [-0.05, 0) is 34.9 Å². The lowest BCUT2D eigenvalue weighted by molar-refractivity contribution is 0.0688. The van der Waals surface area contributed by atoms with Gasteiger partial charge in [0.1, 0.15) is 4.88 Å². The number of hydrogen-bond donors (Lipinski definition) is 2. The van der Waals surface area contributed by atoms with Gasteiger partial charge in [-0.3, -0.25) is 4.21 Å². The van der Waals surface area contributed by atoms with Crippen LogP contribution in [0.15, 0.2) is 54.6 Å². The summed E-state index contributed by atoms with van der Waals surface area (Å²) in [7, 11) is 0. The molecular formula is C19H13O6S2-. The molecule has 1 atom stereocenters. The summed E-state index contributed by atoms with van der Waals surface area (Å²) in [5, 5.41) is 18.4. The van der Waals surface area contributed by atoms with Crippen molar-refractivity contribution in [2.75, 3.05) is 0 Å². The monoisotopic (exact) mass is 401 g/mol. The van der Waals surface area contributed by atoms with Gasteiger partial charge < -0.3 is 14.8 Å². The average Bonchev–Trinajstić information content (AvgIpc) is 3.07. The standard InChI is InChI=1S/C19H14O6S2/c20-18(21)14-7-5-13(6-8-14)17-15(9-16(26-17)19(22)23)12-3-1-11(2-4-12)10-27(24)25/h1-9H,10H2,(H,20,21)(H,22,23)(H,24,25)/p-1. The molecule has 1 unspecified atom stereocenters. The summed E-state index contributed by atoms with van der Waals surface area (Å²) >= 11 is -1.08. The zero-order chi connectivity index (χ0) is 19.6. The predicted octanol–water partition coefficient (Wildman–Crippen LogP) is 3.86. The summed E-state index contributed by atoms with van der Waals surface area (Å²) in [5.41, 5.74) is 2.92. The highest BCUT2D eigenvalue weighted by atomic mass is 32.2. The third-order valence-electron chi connectivity index (χ3n) is 3.89. The molecule has 0 spiro atoms. The quantitative estimate of drug-likeness (QED) is 0.606. The van der Waals surface area contributed by atoms with Crippen LogP contribution in [0.25, 0.3) is 21.6 Å². The highest BCUT2D eigenvalue weighted by Gasteiger charge is 2.17. The van der Waals surface area contributed by atoms with Crippen molar-refractivity contribution < 1.29 is 28.6 Å². The number of benzene rings is 2. The fraction of sp³-hybridized carbons (Fsp3) is 0.0526. The van der Waals surface area contributed by atoms with E-state index in [9.17, 15) is 23.5 Å². The third kappa shape index (κ3) is 4.30. The van der Waals surface area contributed by atoms with Crippen molar-refractivity contribution in [3.05, 3.63) is 70.6 Å². The summed E-state index contributed by atoms with van der Waals surface area (Å²) in [6, 6.07) is 14.6. The SMILES string of the molecule is O=C(O)c1ccc(-c2sc(C(=O)O)cc2-c2ccc(CS(=O)[O-])cc2)cc1. The molecule has 8 heteroatoms. The Morgan fingerprint density at radius 3 is 2.04 bits per heavy atom. The Bertz CT molecular complexity index is 1020. The number of rotatable bonds is 6. The van der Waals surface area contributed by atoms with E-state index in [4.69, 9.17) is 5.11 Å². The van der Waals surface area contributed by atoms with Crippen LogP contribution in [0.5, 0.6) is 0 Å². The second-order valence-electron chi connectivity index (χ2n) is 5.69. The van der Waals surface area contributed by atoms with Gasteiger partial charge in [0.15, 0.2) is 0 Å². The lowest BCUT2D eigenvalue weighted by Gasteiger charge is -2.08. The number of carbonyl (C=O) groups is 2. The van der Waals surface area contributed by atoms with Crippen molar-refractivity contribution >= 4 is 34.4 Å². The van der Waals surface area contributed by atoms with Gasteiger partial charge in [0.25, 0.3) is 0 Å². The molecule has 0 amide bonds. The van der Waals surface area contributed by atoms with E-state index in [0.717, 1.165) is 16.9 Å². The molecule has 0 aliphatic carbocycles. The van der Waals surface area contributed by atoms with Crippen molar-refractivity contribution in [1.29, 1.82) is 0 Å². The van der Waals surface area contributed by atoms with Crippen molar-refractivity contribution in [3.63, 3.8) is 0 Å². The largest absolute Gasteiger partial charge is 0.772 e. The predicted molar refractivity (Wildman–Crippen MR) is 102 cm³/mol. The number of aromatic carboxylic acids is 2. The lowest BCUT2D eigenvalue weighted by Crippen LogP contribution is -1.95. The zero-order valence-corrected chi connectivity index (χ0v) is 15.4. The number of carboxylic acids is 2. The van der Waals surface area contributed by atoms with E-state index in [1.54, 1.807) is 42.5 Å². The summed E-state index contributed by atoms with van der Waals surface area (Å²) < 4.78 is 21.6. The van der Waals surface area contributed by atoms with Crippen LogP contribution in [0.1, 0.15) is 25.6 Å². The van der Waals surface area contributed by atoms with Gasteiger partial charge in [-0.2, -0.15) is 0 Å². The Kier molecular flexibility index (Phi) is 5.50.